The molecule has 1 saturated carbocycles. The molecule has 2 aromatic rings. The average Bonchev–Trinajstić information content (AvgIpc) is 3.19. The van der Waals surface area contributed by atoms with Gasteiger partial charge >= 0.3 is 0 Å². The normalized spacial score (nSPS) is 30.2. The van der Waals surface area contributed by atoms with Gasteiger partial charge in [0.15, 0.2) is 5.17 Å². The van der Waals surface area contributed by atoms with Crippen LogP contribution in [0.3, 0.4) is 0 Å². The third-order valence-electron chi connectivity index (χ3n) is 7.84. The molecule has 35 heavy (non-hydrogen) atoms. The Morgan fingerprint density at radius 1 is 1.31 bits per heavy atom. The molecule has 1 aromatic heterocycles. The van der Waals surface area contributed by atoms with Gasteiger partial charge in [0.1, 0.15) is 11.9 Å². The smallest absolute Gasteiger partial charge is 0.209 e. The number of fused-ring (bicyclic) bond motifs is 4. The van der Waals surface area contributed by atoms with Crippen LogP contribution >= 0.6 is 11.8 Å². The number of thioether (sulfide) groups is 1. The van der Waals surface area contributed by atoms with Gasteiger partial charge in [-0.15, -0.1) is 0 Å². The van der Waals surface area contributed by atoms with Crippen LogP contribution in [-0.2, 0) is 16.8 Å². The van der Waals surface area contributed by atoms with Gasteiger partial charge in [0.05, 0.1) is 16.8 Å². The topological polar surface area (TPSA) is 95.4 Å². The second-order valence-corrected chi connectivity index (χ2v) is 11.4. The highest BCUT2D eigenvalue weighted by Gasteiger charge is 2.72. The van der Waals surface area contributed by atoms with Crippen LogP contribution in [0.15, 0.2) is 41.5 Å². The van der Waals surface area contributed by atoms with Gasteiger partial charge in [-0.1, -0.05) is 30.8 Å². The van der Waals surface area contributed by atoms with E-state index in [1.807, 2.05) is 18.2 Å². The molecule has 180 valence electrons. The number of nitrogens with zero attached hydrogens (tertiary/aromatic N) is 4. The third kappa shape index (κ3) is 4.02. The second-order valence-electron chi connectivity index (χ2n) is 9.90. The number of benzene rings is 1. The molecular weight excluding hydrogens is 461 g/mol. The van der Waals surface area contributed by atoms with Crippen molar-refractivity contribution in [2.24, 2.45) is 22.6 Å². The molecule has 2 unspecified atom stereocenters. The molecular formula is C27H28FN5OS. The van der Waals surface area contributed by atoms with Gasteiger partial charge in [0.2, 0.25) is 6.41 Å². The zero-order valence-corrected chi connectivity index (χ0v) is 20.7. The van der Waals surface area contributed by atoms with Gasteiger partial charge in [-0.3, -0.25) is 14.8 Å². The number of pyridine rings is 1. The molecule has 2 aliphatic heterocycles. The van der Waals surface area contributed by atoms with Gasteiger partial charge in [-0.05, 0) is 66.6 Å². The zero-order chi connectivity index (χ0) is 24.8. The van der Waals surface area contributed by atoms with E-state index < -0.39 is 5.83 Å². The monoisotopic (exact) mass is 489 g/mol. The summed E-state index contributed by atoms with van der Waals surface area (Å²) in [5.41, 5.74) is 9.76. The first-order chi connectivity index (χ1) is 16.8. The molecule has 1 spiro atoms. The highest BCUT2D eigenvalue weighted by molar-refractivity contribution is 8.15. The van der Waals surface area contributed by atoms with Crippen LogP contribution in [-0.4, -0.2) is 39.3 Å². The lowest BCUT2D eigenvalue weighted by Crippen LogP contribution is -2.45. The fraction of sp³-hybridized carbons (Fsp3) is 0.407. The number of nitrogens with two attached hydrogens (primary N) is 1. The molecule has 4 atom stereocenters. The minimum absolute atomic E-state index is 0.146. The zero-order valence-electron chi connectivity index (χ0n) is 19.9. The minimum atomic E-state index is -0.426. The van der Waals surface area contributed by atoms with Gasteiger partial charge in [-0.2, -0.15) is 5.26 Å². The van der Waals surface area contributed by atoms with Gasteiger partial charge in [0.25, 0.3) is 0 Å². The first kappa shape index (κ1) is 23.6. The predicted octanol–water partition coefficient (Wildman–Crippen LogP) is 4.50. The summed E-state index contributed by atoms with van der Waals surface area (Å²) in [6.45, 7) is 6.49. The van der Waals surface area contributed by atoms with Crippen LogP contribution in [0.4, 0.5) is 4.39 Å². The second kappa shape index (κ2) is 8.80. The summed E-state index contributed by atoms with van der Waals surface area (Å²) in [6, 6.07) is 11.1. The van der Waals surface area contributed by atoms with Crippen molar-refractivity contribution in [3.63, 3.8) is 0 Å². The van der Waals surface area contributed by atoms with Crippen LogP contribution in [0.2, 0.25) is 0 Å². The Hall–Kier alpha value is -3.18. The minimum Gasteiger partial charge on any atom is -0.378 e. The third-order valence-corrected chi connectivity index (χ3v) is 9.21. The Morgan fingerprint density at radius 3 is 2.71 bits per heavy atom. The van der Waals surface area contributed by atoms with Crippen LogP contribution in [0.5, 0.6) is 0 Å². The number of aliphatic imine (C=N–C) groups is 1. The SMILES string of the molecule is CC1C2[C@@]1(C)SC(N)=N[C@@]21Cc2ccc(/C=C(\F)c3ccc(C#N)cn3)cc21.O=CN1CCCC1. The summed E-state index contributed by atoms with van der Waals surface area (Å²) in [5.74, 6) is 0.591. The van der Waals surface area contributed by atoms with E-state index in [0.717, 1.165) is 31.5 Å². The number of hydrogen-bond donors (Lipinski definition) is 1. The first-order valence-corrected chi connectivity index (χ1v) is 12.7. The van der Waals surface area contributed by atoms with Crippen molar-refractivity contribution >= 4 is 35.2 Å². The molecule has 4 aliphatic rings. The van der Waals surface area contributed by atoms with Gasteiger partial charge in [0, 0.05) is 36.4 Å². The van der Waals surface area contributed by atoms with Crippen molar-refractivity contribution in [2.75, 3.05) is 13.1 Å². The van der Waals surface area contributed by atoms with Crippen molar-refractivity contribution in [3.05, 3.63) is 64.5 Å². The number of amides is 1. The number of aromatic nitrogens is 1. The summed E-state index contributed by atoms with van der Waals surface area (Å²) >= 11 is 1.69. The van der Waals surface area contributed by atoms with E-state index in [2.05, 4.69) is 24.9 Å². The molecule has 6 nitrogen and oxygen atoms in total. The highest BCUT2D eigenvalue weighted by atomic mass is 32.2. The van der Waals surface area contributed by atoms with Crippen molar-refractivity contribution < 1.29 is 9.18 Å². The first-order valence-electron chi connectivity index (χ1n) is 11.9. The molecule has 2 N–H and O–H groups in total. The van der Waals surface area contributed by atoms with Crippen molar-refractivity contribution in [1.29, 1.82) is 5.26 Å². The van der Waals surface area contributed by atoms with E-state index in [0.29, 0.717) is 22.6 Å². The van der Waals surface area contributed by atoms with E-state index in [4.69, 9.17) is 16.0 Å². The fourth-order valence-electron chi connectivity index (χ4n) is 5.82. The Morgan fingerprint density at radius 2 is 2.09 bits per heavy atom. The van der Waals surface area contributed by atoms with E-state index in [1.165, 1.54) is 42.3 Å². The van der Waals surface area contributed by atoms with Crippen LogP contribution in [0.25, 0.3) is 11.9 Å². The lowest BCUT2D eigenvalue weighted by molar-refractivity contribution is -0.117. The maximum Gasteiger partial charge on any atom is 0.209 e. The number of carbonyl (C=O) groups is 1. The van der Waals surface area contributed by atoms with E-state index in [-0.39, 0.29) is 16.0 Å². The summed E-state index contributed by atoms with van der Waals surface area (Å²) in [5, 5.41) is 9.50. The lowest BCUT2D eigenvalue weighted by atomic mass is 9.66. The maximum absolute atomic E-state index is 14.7. The van der Waals surface area contributed by atoms with Crippen LogP contribution in [0, 0.1) is 23.2 Å². The molecule has 1 saturated heterocycles. The number of hydrogen-bond acceptors (Lipinski definition) is 6. The van der Waals surface area contributed by atoms with Gasteiger partial charge in [-0.25, -0.2) is 4.39 Å². The number of carbonyl (C=O) groups excluding carboxylic acids is 1. The molecule has 1 amide bonds. The molecule has 1 aromatic carbocycles. The fourth-order valence-corrected chi connectivity index (χ4v) is 7.26. The summed E-state index contributed by atoms with van der Waals surface area (Å²) in [6.07, 6.45) is 7.07. The molecule has 0 bridgehead atoms. The van der Waals surface area contributed by atoms with E-state index >= 15 is 0 Å². The van der Waals surface area contributed by atoms with Crippen LogP contribution < -0.4 is 5.73 Å². The van der Waals surface area contributed by atoms with E-state index in [1.54, 1.807) is 22.7 Å². The van der Waals surface area contributed by atoms with Crippen LogP contribution in [0.1, 0.15) is 54.6 Å². The number of halogens is 1. The van der Waals surface area contributed by atoms with Crippen molar-refractivity contribution in [1.82, 2.24) is 9.88 Å². The molecule has 0 radical (unpaired) electrons. The quantitative estimate of drug-likeness (QED) is 0.641. The Labute approximate surface area is 209 Å². The highest BCUT2D eigenvalue weighted by Crippen LogP contribution is 2.72. The van der Waals surface area contributed by atoms with E-state index in [9.17, 15) is 9.18 Å². The Bertz CT molecular complexity index is 1260. The number of nitriles is 1. The lowest BCUT2D eigenvalue weighted by Gasteiger charge is -2.45. The number of amidine groups is 1. The maximum atomic E-state index is 14.7. The average molecular weight is 490 g/mol. The number of rotatable bonds is 3. The van der Waals surface area contributed by atoms with Crippen molar-refractivity contribution in [3.8, 4) is 6.07 Å². The Kier molecular flexibility index (Phi) is 5.92. The van der Waals surface area contributed by atoms with Gasteiger partial charge < -0.3 is 10.6 Å². The molecule has 2 fully saturated rings. The number of likely N-dealkylation sites (tertiary alicyclic amines) is 1. The molecule has 2 aliphatic carbocycles. The molecule has 3 heterocycles. The van der Waals surface area contributed by atoms with Crippen molar-refractivity contribution in [2.45, 2.75) is 43.4 Å². The standard InChI is InChI=1S/C22H19FN4S.C5H9NO/c1-12-19-21(12,2)28-20(25)27-22(19)9-15-5-3-13(7-16(15)22)8-17(23)18-6-4-14(10-24)11-26-18;7-5-6-3-1-2-4-6/h3-8,11-12,19H,9H2,1-2H3,(H2,25,27);5H,1-4H2/b17-8-;/t12?,19?,21-,22+;/m0./s1. The largest absolute Gasteiger partial charge is 0.378 e. The summed E-state index contributed by atoms with van der Waals surface area (Å²) in [4.78, 5) is 20.6. The molecule has 8 heteroatoms. The summed E-state index contributed by atoms with van der Waals surface area (Å²) < 4.78 is 14.8. The summed E-state index contributed by atoms with van der Waals surface area (Å²) in [7, 11) is 0. The molecule has 6 rings (SSSR count). The Balaban J connectivity index is 0.000000313. The predicted molar refractivity (Wildman–Crippen MR) is 137 cm³/mol.